The van der Waals surface area contributed by atoms with Crippen molar-refractivity contribution >= 4 is 11.2 Å². The van der Waals surface area contributed by atoms with Crippen molar-refractivity contribution in [1.82, 2.24) is 0 Å². The van der Waals surface area contributed by atoms with Crippen LogP contribution in [0.5, 0.6) is 0 Å². The molecule has 2 aromatic heterocycles. The molecule has 0 bridgehead atoms. The van der Waals surface area contributed by atoms with Crippen LogP contribution in [-0.2, 0) is 0 Å². The highest BCUT2D eigenvalue weighted by Gasteiger charge is 2.11. The maximum Gasteiger partial charge on any atom is 0.297 e. The Balaban J connectivity index is 2.95. The summed E-state index contributed by atoms with van der Waals surface area (Å²) in [5.74, 6) is 1.60. The Morgan fingerprint density at radius 2 is 1.91 bits per heavy atom. The van der Waals surface area contributed by atoms with Gasteiger partial charge in [-0.25, -0.2) is 0 Å². The van der Waals surface area contributed by atoms with Gasteiger partial charge in [-0.3, -0.25) is 0 Å². The Kier molecular flexibility index (Phi) is 1.13. The van der Waals surface area contributed by atoms with E-state index in [1.807, 2.05) is 20.8 Å². The highest BCUT2D eigenvalue weighted by molar-refractivity contribution is 5.81. The largest absolute Gasteiger partial charge is 0.433 e. The van der Waals surface area contributed by atoms with E-state index in [2.05, 4.69) is 0 Å². The number of hydrogen-bond donors (Lipinski definition) is 0. The van der Waals surface area contributed by atoms with Gasteiger partial charge in [0.05, 0.1) is 11.6 Å². The standard InChI is InChI=1S/C9H10O2/c1-5-4-10-9-8(5)6(2)7(3)11-9/h4H,1-3H3. The van der Waals surface area contributed by atoms with Gasteiger partial charge in [-0.2, -0.15) is 0 Å². The van der Waals surface area contributed by atoms with Crippen LogP contribution in [0.4, 0.5) is 0 Å². The third-order valence-electron chi connectivity index (χ3n) is 2.09. The van der Waals surface area contributed by atoms with Gasteiger partial charge < -0.3 is 8.83 Å². The number of furan rings is 2. The van der Waals surface area contributed by atoms with Crippen LogP contribution in [0.3, 0.4) is 0 Å². The van der Waals surface area contributed by atoms with Crippen LogP contribution in [-0.4, -0.2) is 0 Å². The maximum atomic E-state index is 5.35. The fourth-order valence-electron chi connectivity index (χ4n) is 1.34. The molecule has 2 nitrogen and oxygen atoms in total. The number of rotatable bonds is 0. The van der Waals surface area contributed by atoms with E-state index in [1.54, 1.807) is 6.26 Å². The molecule has 2 heteroatoms. The zero-order valence-electron chi connectivity index (χ0n) is 6.89. The molecule has 0 spiro atoms. The molecule has 0 aliphatic heterocycles. The van der Waals surface area contributed by atoms with Crippen molar-refractivity contribution in [3.05, 3.63) is 23.2 Å². The summed E-state index contributed by atoms with van der Waals surface area (Å²) in [6, 6.07) is 0. The minimum Gasteiger partial charge on any atom is -0.433 e. The minimum atomic E-state index is 0.650. The first-order valence-corrected chi connectivity index (χ1v) is 3.64. The molecule has 2 heterocycles. The van der Waals surface area contributed by atoms with Gasteiger partial charge in [0.1, 0.15) is 5.76 Å². The molecule has 0 saturated carbocycles. The molecule has 0 unspecified atom stereocenters. The number of fused-ring (bicyclic) bond motifs is 1. The van der Waals surface area contributed by atoms with E-state index in [0.29, 0.717) is 5.78 Å². The van der Waals surface area contributed by atoms with Crippen LogP contribution < -0.4 is 0 Å². The molecule has 11 heavy (non-hydrogen) atoms. The van der Waals surface area contributed by atoms with Gasteiger partial charge >= 0.3 is 0 Å². The van der Waals surface area contributed by atoms with Gasteiger partial charge in [0.2, 0.25) is 0 Å². The van der Waals surface area contributed by atoms with Gasteiger partial charge in [-0.1, -0.05) is 0 Å². The van der Waals surface area contributed by atoms with E-state index < -0.39 is 0 Å². The molecule has 0 fully saturated rings. The van der Waals surface area contributed by atoms with Crippen molar-refractivity contribution < 1.29 is 8.83 Å². The Labute approximate surface area is 64.8 Å². The Bertz CT molecular complexity index is 393. The average molecular weight is 150 g/mol. The lowest BCUT2D eigenvalue weighted by molar-refractivity contribution is 0.460. The number of hydrogen-bond acceptors (Lipinski definition) is 2. The van der Waals surface area contributed by atoms with Gasteiger partial charge in [0, 0.05) is 5.56 Å². The second kappa shape index (κ2) is 1.91. The predicted octanol–water partition coefficient (Wildman–Crippen LogP) is 2.95. The smallest absolute Gasteiger partial charge is 0.297 e. The Hall–Kier alpha value is -1.18. The topological polar surface area (TPSA) is 26.3 Å². The fourth-order valence-corrected chi connectivity index (χ4v) is 1.34. The molecule has 0 saturated heterocycles. The molecule has 0 atom stereocenters. The summed E-state index contributed by atoms with van der Waals surface area (Å²) in [7, 11) is 0. The quantitative estimate of drug-likeness (QED) is 0.577. The van der Waals surface area contributed by atoms with Crippen LogP contribution >= 0.6 is 0 Å². The molecule has 0 aliphatic carbocycles. The molecule has 58 valence electrons. The van der Waals surface area contributed by atoms with E-state index in [0.717, 1.165) is 16.7 Å². The predicted molar refractivity (Wildman–Crippen MR) is 42.7 cm³/mol. The third kappa shape index (κ3) is 0.723. The monoisotopic (exact) mass is 150 g/mol. The summed E-state index contributed by atoms with van der Waals surface area (Å²) in [6.45, 7) is 6.02. The summed E-state index contributed by atoms with van der Waals surface area (Å²) in [6.07, 6.45) is 1.72. The third-order valence-corrected chi connectivity index (χ3v) is 2.09. The molecule has 0 amide bonds. The van der Waals surface area contributed by atoms with E-state index in [-0.39, 0.29) is 0 Å². The highest BCUT2D eigenvalue weighted by Crippen LogP contribution is 2.28. The average Bonchev–Trinajstić information content (AvgIpc) is 2.41. The zero-order chi connectivity index (χ0) is 8.01. The first-order chi connectivity index (χ1) is 5.20. The molecule has 0 N–H and O–H groups in total. The summed E-state index contributed by atoms with van der Waals surface area (Å²) >= 11 is 0. The van der Waals surface area contributed by atoms with Crippen LogP contribution in [0.25, 0.3) is 11.2 Å². The summed E-state index contributed by atoms with van der Waals surface area (Å²) in [4.78, 5) is 0. The van der Waals surface area contributed by atoms with E-state index in [9.17, 15) is 0 Å². The lowest BCUT2D eigenvalue weighted by atomic mass is 10.1. The Morgan fingerprint density at radius 3 is 2.55 bits per heavy atom. The van der Waals surface area contributed by atoms with Gasteiger partial charge in [0.15, 0.2) is 0 Å². The van der Waals surface area contributed by atoms with Crippen molar-refractivity contribution in [2.75, 3.05) is 0 Å². The van der Waals surface area contributed by atoms with Crippen LogP contribution in [0.1, 0.15) is 16.9 Å². The molecular weight excluding hydrogens is 140 g/mol. The summed E-state index contributed by atoms with van der Waals surface area (Å²) in [5, 5.41) is 1.13. The first kappa shape index (κ1) is 6.53. The normalized spacial score (nSPS) is 11.2. The van der Waals surface area contributed by atoms with Gasteiger partial charge in [0.25, 0.3) is 5.78 Å². The first-order valence-electron chi connectivity index (χ1n) is 3.64. The van der Waals surface area contributed by atoms with Gasteiger partial charge in [-0.15, -0.1) is 0 Å². The van der Waals surface area contributed by atoms with Crippen LogP contribution in [0.15, 0.2) is 15.1 Å². The number of aryl methyl sites for hydroxylation is 3. The van der Waals surface area contributed by atoms with Crippen molar-refractivity contribution in [2.24, 2.45) is 0 Å². The van der Waals surface area contributed by atoms with E-state index in [1.165, 1.54) is 5.56 Å². The molecular formula is C9H10O2. The van der Waals surface area contributed by atoms with Crippen molar-refractivity contribution in [2.45, 2.75) is 20.8 Å². The molecule has 0 radical (unpaired) electrons. The van der Waals surface area contributed by atoms with Gasteiger partial charge in [-0.05, 0) is 26.3 Å². The summed E-state index contributed by atoms with van der Waals surface area (Å²) < 4.78 is 10.5. The lowest BCUT2D eigenvalue weighted by Crippen LogP contribution is -1.71. The van der Waals surface area contributed by atoms with Crippen molar-refractivity contribution in [1.29, 1.82) is 0 Å². The highest BCUT2D eigenvalue weighted by atomic mass is 16.5. The van der Waals surface area contributed by atoms with Crippen LogP contribution in [0.2, 0.25) is 0 Å². The second-order valence-electron chi connectivity index (χ2n) is 2.86. The lowest BCUT2D eigenvalue weighted by Gasteiger charge is -1.85. The zero-order valence-corrected chi connectivity index (χ0v) is 6.89. The molecule has 2 rings (SSSR count). The van der Waals surface area contributed by atoms with E-state index >= 15 is 0 Å². The van der Waals surface area contributed by atoms with Crippen LogP contribution in [0, 0.1) is 20.8 Å². The fraction of sp³-hybridized carbons (Fsp3) is 0.333. The van der Waals surface area contributed by atoms with Crippen molar-refractivity contribution in [3.8, 4) is 0 Å². The Morgan fingerprint density at radius 1 is 1.18 bits per heavy atom. The second-order valence-corrected chi connectivity index (χ2v) is 2.86. The summed E-state index contributed by atoms with van der Waals surface area (Å²) in [5.41, 5.74) is 2.33. The molecule has 2 aromatic rings. The van der Waals surface area contributed by atoms with E-state index in [4.69, 9.17) is 8.83 Å². The SMILES string of the molecule is Cc1oc2occ(C)c2c1C. The molecule has 0 aromatic carbocycles. The maximum absolute atomic E-state index is 5.35. The van der Waals surface area contributed by atoms with Crippen molar-refractivity contribution in [3.63, 3.8) is 0 Å². The minimum absolute atomic E-state index is 0.650. The molecule has 0 aliphatic rings.